The van der Waals surface area contributed by atoms with Crippen molar-refractivity contribution in [1.29, 1.82) is 0 Å². The zero-order chi connectivity index (χ0) is 14.8. The van der Waals surface area contributed by atoms with E-state index in [2.05, 4.69) is 6.92 Å². The van der Waals surface area contributed by atoms with E-state index in [1.165, 1.54) is 25.7 Å². The van der Waals surface area contributed by atoms with Crippen molar-refractivity contribution in [3.05, 3.63) is 0 Å². The highest BCUT2D eigenvalue weighted by molar-refractivity contribution is 5.74. The van der Waals surface area contributed by atoms with Crippen molar-refractivity contribution in [1.82, 2.24) is 4.90 Å². The summed E-state index contributed by atoms with van der Waals surface area (Å²) in [6.07, 6.45) is 6.77. The SMILES string of the molecule is CCCCCCCCN(C(C)N)C(C(=O)O)C(C)N. The molecule has 0 aliphatic heterocycles. The average Bonchev–Trinajstić information content (AvgIpc) is 2.30. The highest BCUT2D eigenvalue weighted by atomic mass is 16.4. The molecule has 0 aromatic carbocycles. The van der Waals surface area contributed by atoms with Gasteiger partial charge in [0.2, 0.25) is 0 Å². The minimum absolute atomic E-state index is 0.289. The molecule has 0 fully saturated rings. The Labute approximate surface area is 117 Å². The van der Waals surface area contributed by atoms with Gasteiger partial charge in [0.1, 0.15) is 6.04 Å². The van der Waals surface area contributed by atoms with E-state index in [1.807, 2.05) is 6.92 Å². The first kappa shape index (κ1) is 18.4. The Morgan fingerprint density at radius 2 is 1.63 bits per heavy atom. The second-order valence-corrected chi connectivity index (χ2v) is 5.39. The number of carboxylic acid groups (broad SMARTS) is 1. The maximum atomic E-state index is 11.3. The van der Waals surface area contributed by atoms with Crippen LogP contribution < -0.4 is 11.5 Å². The van der Waals surface area contributed by atoms with Crippen molar-refractivity contribution in [3.8, 4) is 0 Å². The second-order valence-electron chi connectivity index (χ2n) is 5.39. The summed E-state index contributed by atoms with van der Waals surface area (Å²) >= 11 is 0. The Morgan fingerprint density at radius 1 is 1.11 bits per heavy atom. The molecule has 0 rings (SSSR count). The Morgan fingerprint density at radius 3 is 2.05 bits per heavy atom. The lowest BCUT2D eigenvalue weighted by molar-refractivity contribution is -0.145. The lowest BCUT2D eigenvalue weighted by Crippen LogP contribution is -2.57. The van der Waals surface area contributed by atoms with Crippen molar-refractivity contribution in [2.75, 3.05) is 6.54 Å². The number of hydrogen-bond acceptors (Lipinski definition) is 4. The molecule has 0 aliphatic rings. The monoisotopic (exact) mass is 273 g/mol. The molecule has 3 atom stereocenters. The van der Waals surface area contributed by atoms with Gasteiger partial charge < -0.3 is 16.6 Å². The molecule has 0 saturated heterocycles. The third kappa shape index (κ3) is 7.50. The van der Waals surface area contributed by atoms with Gasteiger partial charge in [0.15, 0.2) is 0 Å². The molecule has 114 valence electrons. The molecular formula is C14H31N3O2. The second kappa shape index (κ2) is 10.2. The van der Waals surface area contributed by atoms with Gasteiger partial charge in [0.05, 0.1) is 6.17 Å². The Kier molecular flexibility index (Phi) is 9.83. The summed E-state index contributed by atoms with van der Waals surface area (Å²) < 4.78 is 0. The summed E-state index contributed by atoms with van der Waals surface area (Å²) in [6.45, 7) is 6.42. The van der Waals surface area contributed by atoms with Crippen LogP contribution in [-0.2, 0) is 4.79 Å². The maximum Gasteiger partial charge on any atom is 0.322 e. The van der Waals surface area contributed by atoms with Crippen molar-refractivity contribution in [3.63, 3.8) is 0 Å². The third-order valence-electron chi connectivity index (χ3n) is 3.40. The lowest BCUT2D eigenvalue weighted by atomic mass is 10.1. The number of nitrogens with zero attached hydrogens (tertiary/aromatic N) is 1. The molecule has 0 amide bonds. The van der Waals surface area contributed by atoms with E-state index in [4.69, 9.17) is 11.5 Å². The lowest BCUT2D eigenvalue weighted by Gasteiger charge is -2.34. The summed E-state index contributed by atoms with van der Waals surface area (Å²) in [5.41, 5.74) is 11.7. The van der Waals surface area contributed by atoms with Crippen LogP contribution in [0, 0.1) is 0 Å². The summed E-state index contributed by atoms with van der Waals surface area (Å²) in [5, 5.41) is 9.26. The molecule has 19 heavy (non-hydrogen) atoms. The Hall–Kier alpha value is -0.650. The molecule has 0 bridgehead atoms. The average molecular weight is 273 g/mol. The van der Waals surface area contributed by atoms with Crippen molar-refractivity contribution < 1.29 is 9.90 Å². The fourth-order valence-corrected chi connectivity index (χ4v) is 2.34. The van der Waals surface area contributed by atoms with Crippen LogP contribution in [0.1, 0.15) is 59.3 Å². The predicted octanol–water partition coefficient (Wildman–Crippen LogP) is 1.75. The molecule has 5 heteroatoms. The van der Waals surface area contributed by atoms with Gasteiger partial charge in [-0.15, -0.1) is 0 Å². The normalized spacial score (nSPS) is 16.3. The van der Waals surface area contributed by atoms with Crippen LogP contribution in [0.25, 0.3) is 0 Å². The summed E-state index contributed by atoms with van der Waals surface area (Å²) in [4.78, 5) is 13.1. The number of aliphatic carboxylic acids is 1. The molecule has 0 heterocycles. The fraction of sp³-hybridized carbons (Fsp3) is 0.929. The van der Waals surface area contributed by atoms with Crippen LogP contribution in [0.2, 0.25) is 0 Å². The topological polar surface area (TPSA) is 92.6 Å². The number of carboxylic acids is 1. The molecule has 0 aromatic rings. The molecule has 0 saturated carbocycles. The van der Waals surface area contributed by atoms with Crippen molar-refractivity contribution in [2.24, 2.45) is 11.5 Å². The van der Waals surface area contributed by atoms with E-state index < -0.39 is 18.1 Å². The molecule has 0 aliphatic carbocycles. The molecule has 3 unspecified atom stereocenters. The van der Waals surface area contributed by atoms with Gasteiger partial charge in [-0.1, -0.05) is 39.0 Å². The van der Waals surface area contributed by atoms with Crippen LogP contribution in [0.5, 0.6) is 0 Å². The summed E-state index contributed by atoms with van der Waals surface area (Å²) in [5.74, 6) is -0.890. The maximum absolute atomic E-state index is 11.3. The molecule has 5 N–H and O–H groups in total. The first-order chi connectivity index (χ1) is 8.91. The zero-order valence-corrected chi connectivity index (χ0v) is 12.6. The number of rotatable bonds is 11. The van der Waals surface area contributed by atoms with E-state index in [0.717, 1.165) is 12.8 Å². The standard InChI is InChI=1S/C14H31N3O2/c1-4-5-6-7-8-9-10-17(12(3)16)13(11(2)15)14(18)19/h11-13H,4-10,15-16H2,1-3H3,(H,18,19). The molecule has 0 spiro atoms. The van der Waals surface area contributed by atoms with Gasteiger partial charge in [-0.05, 0) is 20.3 Å². The highest BCUT2D eigenvalue weighted by Gasteiger charge is 2.30. The van der Waals surface area contributed by atoms with Crippen LogP contribution in [0.15, 0.2) is 0 Å². The Balaban J connectivity index is 4.21. The van der Waals surface area contributed by atoms with Crippen LogP contribution in [0.3, 0.4) is 0 Å². The van der Waals surface area contributed by atoms with Gasteiger partial charge in [0.25, 0.3) is 0 Å². The van der Waals surface area contributed by atoms with Crippen LogP contribution in [0.4, 0.5) is 0 Å². The van der Waals surface area contributed by atoms with Gasteiger partial charge in [-0.3, -0.25) is 9.69 Å². The van der Waals surface area contributed by atoms with E-state index in [1.54, 1.807) is 11.8 Å². The van der Waals surface area contributed by atoms with Gasteiger partial charge in [0, 0.05) is 12.6 Å². The Bertz CT molecular complexity index is 245. The third-order valence-corrected chi connectivity index (χ3v) is 3.40. The number of carbonyl (C=O) groups is 1. The van der Waals surface area contributed by atoms with Crippen LogP contribution in [-0.4, -0.2) is 40.8 Å². The molecule has 0 radical (unpaired) electrons. The van der Waals surface area contributed by atoms with Crippen molar-refractivity contribution >= 4 is 5.97 Å². The highest BCUT2D eigenvalue weighted by Crippen LogP contribution is 2.11. The first-order valence-corrected chi connectivity index (χ1v) is 7.41. The van der Waals surface area contributed by atoms with Crippen molar-refractivity contribution in [2.45, 2.75) is 77.5 Å². The minimum atomic E-state index is -0.890. The summed E-state index contributed by atoms with van der Waals surface area (Å²) in [6, 6.07) is -1.13. The first-order valence-electron chi connectivity index (χ1n) is 7.41. The minimum Gasteiger partial charge on any atom is -0.480 e. The van der Waals surface area contributed by atoms with Gasteiger partial charge in [-0.2, -0.15) is 0 Å². The van der Waals surface area contributed by atoms with E-state index in [9.17, 15) is 9.90 Å². The molecule has 5 nitrogen and oxygen atoms in total. The summed E-state index contributed by atoms with van der Waals surface area (Å²) in [7, 11) is 0. The smallest absolute Gasteiger partial charge is 0.322 e. The van der Waals surface area contributed by atoms with E-state index >= 15 is 0 Å². The molecular weight excluding hydrogens is 242 g/mol. The predicted molar refractivity (Wildman–Crippen MR) is 78.8 cm³/mol. The van der Waals surface area contributed by atoms with E-state index in [-0.39, 0.29) is 6.17 Å². The van der Waals surface area contributed by atoms with Crippen LogP contribution >= 0.6 is 0 Å². The van der Waals surface area contributed by atoms with E-state index in [0.29, 0.717) is 6.54 Å². The fourth-order valence-electron chi connectivity index (χ4n) is 2.34. The number of unbranched alkanes of at least 4 members (excludes halogenated alkanes) is 5. The zero-order valence-electron chi connectivity index (χ0n) is 12.6. The van der Waals surface area contributed by atoms with Gasteiger partial charge >= 0.3 is 5.97 Å². The molecule has 0 aromatic heterocycles. The number of hydrogen-bond donors (Lipinski definition) is 3. The quantitative estimate of drug-likeness (QED) is 0.394. The number of nitrogens with two attached hydrogens (primary N) is 2. The van der Waals surface area contributed by atoms with Gasteiger partial charge in [-0.25, -0.2) is 0 Å². The largest absolute Gasteiger partial charge is 0.480 e.